The van der Waals surface area contributed by atoms with E-state index < -0.39 is 0 Å². The summed E-state index contributed by atoms with van der Waals surface area (Å²) in [6, 6.07) is 11.6. The second kappa shape index (κ2) is 7.70. The van der Waals surface area contributed by atoms with Gasteiger partial charge in [-0.1, -0.05) is 23.4 Å². The Morgan fingerprint density at radius 3 is 2.60 bits per heavy atom. The van der Waals surface area contributed by atoms with Crippen LogP contribution in [-0.4, -0.2) is 32.4 Å². The molecular weight excluding hydrogens is 314 g/mol. The molecule has 128 valence electrons. The highest BCUT2D eigenvalue weighted by molar-refractivity contribution is 5.94. The molecule has 3 rings (SSSR count). The minimum atomic E-state index is -0.0711. The van der Waals surface area contributed by atoms with Crippen molar-refractivity contribution in [1.82, 2.24) is 25.3 Å². The van der Waals surface area contributed by atoms with E-state index in [4.69, 9.17) is 0 Å². The van der Waals surface area contributed by atoms with E-state index in [0.29, 0.717) is 12.1 Å². The van der Waals surface area contributed by atoms with Crippen molar-refractivity contribution in [1.29, 1.82) is 0 Å². The molecule has 3 aromatic rings. The van der Waals surface area contributed by atoms with Crippen LogP contribution in [0.15, 0.2) is 48.8 Å². The van der Waals surface area contributed by atoms with Gasteiger partial charge in [0.15, 0.2) is 0 Å². The van der Waals surface area contributed by atoms with Crippen LogP contribution < -0.4 is 5.32 Å². The number of hydrogen-bond acceptors (Lipinski definition) is 4. The summed E-state index contributed by atoms with van der Waals surface area (Å²) in [6.45, 7) is 5.37. The van der Waals surface area contributed by atoms with Crippen LogP contribution in [0.2, 0.25) is 0 Å². The first-order valence-corrected chi connectivity index (χ1v) is 8.30. The summed E-state index contributed by atoms with van der Waals surface area (Å²) in [5.41, 5.74) is 4.76. The lowest BCUT2D eigenvalue weighted by atomic mass is 10.1. The molecule has 0 saturated heterocycles. The topological polar surface area (TPSA) is 72.7 Å². The fourth-order valence-electron chi connectivity index (χ4n) is 2.48. The zero-order chi connectivity index (χ0) is 17.6. The number of benzene rings is 1. The first-order valence-electron chi connectivity index (χ1n) is 8.30. The summed E-state index contributed by atoms with van der Waals surface area (Å²) in [6.07, 6.45) is 4.26. The Kier molecular flexibility index (Phi) is 5.18. The lowest BCUT2D eigenvalue weighted by Gasteiger charge is -2.07. The quantitative estimate of drug-likeness (QED) is 0.703. The number of pyridine rings is 1. The number of rotatable bonds is 6. The number of carbonyl (C=O) groups is 1. The van der Waals surface area contributed by atoms with Gasteiger partial charge in [0, 0.05) is 36.1 Å². The Bertz CT molecular complexity index is 841. The summed E-state index contributed by atoms with van der Waals surface area (Å²) in [5.74, 6) is -0.0711. The molecule has 1 amide bonds. The van der Waals surface area contributed by atoms with E-state index >= 15 is 0 Å². The highest BCUT2D eigenvalue weighted by atomic mass is 16.1. The molecular formula is C19H21N5O. The Morgan fingerprint density at radius 1 is 1.12 bits per heavy atom. The van der Waals surface area contributed by atoms with Gasteiger partial charge < -0.3 is 5.32 Å². The molecule has 0 radical (unpaired) electrons. The van der Waals surface area contributed by atoms with Crippen LogP contribution in [0.4, 0.5) is 0 Å². The van der Waals surface area contributed by atoms with Crippen LogP contribution in [0, 0.1) is 13.8 Å². The summed E-state index contributed by atoms with van der Waals surface area (Å²) in [5, 5.41) is 10.6. The zero-order valence-electron chi connectivity index (χ0n) is 14.4. The van der Waals surface area contributed by atoms with E-state index in [0.717, 1.165) is 29.9 Å². The Labute approximate surface area is 146 Å². The van der Waals surface area contributed by atoms with Crippen molar-refractivity contribution in [3.63, 3.8) is 0 Å². The average Bonchev–Trinajstić information content (AvgIpc) is 3.14. The average molecular weight is 335 g/mol. The maximum atomic E-state index is 12.2. The molecule has 0 aliphatic carbocycles. The van der Waals surface area contributed by atoms with Crippen molar-refractivity contribution in [2.45, 2.75) is 26.8 Å². The third kappa shape index (κ3) is 4.29. The number of aryl methyl sites for hydroxylation is 3. The van der Waals surface area contributed by atoms with Crippen LogP contribution in [0.25, 0.3) is 11.3 Å². The van der Waals surface area contributed by atoms with Crippen LogP contribution in [-0.2, 0) is 6.54 Å². The fraction of sp³-hybridized carbons (Fsp3) is 0.263. The molecule has 0 aliphatic heterocycles. The van der Waals surface area contributed by atoms with Gasteiger partial charge in [-0.15, -0.1) is 5.10 Å². The zero-order valence-corrected chi connectivity index (χ0v) is 14.4. The number of nitrogens with one attached hydrogen (secondary N) is 1. The molecule has 0 bridgehead atoms. The lowest BCUT2D eigenvalue weighted by molar-refractivity contribution is 0.0952. The minimum Gasteiger partial charge on any atom is -0.352 e. The van der Waals surface area contributed by atoms with E-state index in [1.54, 1.807) is 17.1 Å². The number of aromatic nitrogens is 4. The summed E-state index contributed by atoms with van der Waals surface area (Å²) in [4.78, 5) is 16.8. The predicted molar refractivity (Wildman–Crippen MR) is 96.1 cm³/mol. The molecule has 0 unspecified atom stereocenters. The maximum absolute atomic E-state index is 12.2. The molecule has 2 aromatic heterocycles. The standard InChI is InChI=1S/C19H21N5O/c1-14-4-9-18(22-15(14)2)16-5-7-17(8-6-16)19(25)20-10-3-12-24-13-11-21-23-24/h4-9,11,13H,3,10,12H2,1-2H3,(H,20,25). The van der Waals surface area contributed by atoms with E-state index in [-0.39, 0.29) is 5.91 Å². The van der Waals surface area contributed by atoms with Gasteiger partial charge in [0.25, 0.3) is 5.91 Å². The van der Waals surface area contributed by atoms with Crippen LogP contribution in [0.5, 0.6) is 0 Å². The number of hydrogen-bond donors (Lipinski definition) is 1. The molecule has 2 heterocycles. The van der Waals surface area contributed by atoms with Crippen molar-refractivity contribution in [3.8, 4) is 11.3 Å². The minimum absolute atomic E-state index is 0.0711. The molecule has 0 atom stereocenters. The molecule has 1 aromatic carbocycles. The van der Waals surface area contributed by atoms with Gasteiger partial charge in [-0.3, -0.25) is 14.5 Å². The van der Waals surface area contributed by atoms with Gasteiger partial charge in [-0.2, -0.15) is 0 Å². The summed E-state index contributed by atoms with van der Waals surface area (Å²) in [7, 11) is 0. The Hall–Kier alpha value is -3.02. The molecule has 25 heavy (non-hydrogen) atoms. The second-order valence-corrected chi connectivity index (χ2v) is 5.95. The Balaban J connectivity index is 1.55. The summed E-state index contributed by atoms with van der Waals surface area (Å²) < 4.78 is 1.75. The van der Waals surface area contributed by atoms with E-state index in [1.807, 2.05) is 44.2 Å². The lowest BCUT2D eigenvalue weighted by Crippen LogP contribution is -2.25. The SMILES string of the molecule is Cc1ccc(-c2ccc(C(=O)NCCCn3ccnn3)cc2)nc1C. The molecule has 6 nitrogen and oxygen atoms in total. The van der Waals surface area contributed by atoms with Gasteiger partial charge in [-0.05, 0) is 44.0 Å². The van der Waals surface area contributed by atoms with Crippen molar-refractivity contribution >= 4 is 5.91 Å². The monoisotopic (exact) mass is 335 g/mol. The molecule has 0 fully saturated rings. The first kappa shape index (κ1) is 16.8. The van der Waals surface area contributed by atoms with Gasteiger partial charge in [0.1, 0.15) is 0 Å². The third-order valence-corrected chi connectivity index (χ3v) is 4.11. The van der Waals surface area contributed by atoms with Gasteiger partial charge >= 0.3 is 0 Å². The van der Waals surface area contributed by atoms with E-state index in [9.17, 15) is 4.79 Å². The summed E-state index contributed by atoms with van der Waals surface area (Å²) >= 11 is 0. The normalized spacial score (nSPS) is 10.6. The molecule has 0 saturated carbocycles. The van der Waals surface area contributed by atoms with Crippen LogP contribution >= 0.6 is 0 Å². The van der Waals surface area contributed by atoms with Crippen molar-refractivity contribution in [2.24, 2.45) is 0 Å². The first-order chi connectivity index (χ1) is 12.1. The third-order valence-electron chi connectivity index (χ3n) is 4.11. The Morgan fingerprint density at radius 2 is 1.92 bits per heavy atom. The molecule has 6 heteroatoms. The maximum Gasteiger partial charge on any atom is 0.251 e. The number of carbonyl (C=O) groups excluding carboxylic acids is 1. The van der Waals surface area contributed by atoms with E-state index in [1.165, 1.54) is 5.56 Å². The van der Waals surface area contributed by atoms with E-state index in [2.05, 4.69) is 26.7 Å². The van der Waals surface area contributed by atoms with Gasteiger partial charge in [0.05, 0.1) is 11.9 Å². The fourth-order valence-corrected chi connectivity index (χ4v) is 2.48. The predicted octanol–water partition coefficient (Wildman–Crippen LogP) is 2.78. The van der Waals surface area contributed by atoms with Gasteiger partial charge in [-0.25, -0.2) is 0 Å². The van der Waals surface area contributed by atoms with Crippen LogP contribution in [0.1, 0.15) is 28.0 Å². The molecule has 0 spiro atoms. The highest BCUT2D eigenvalue weighted by Crippen LogP contribution is 2.19. The molecule has 1 N–H and O–H groups in total. The van der Waals surface area contributed by atoms with Gasteiger partial charge in [0.2, 0.25) is 0 Å². The number of nitrogens with zero attached hydrogens (tertiary/aromatic N) is 4. The number of amides is 1. The second-order valence-electron chi connectivity index (χ2n) is 5.95. The highest BCUT2D eigenvalue weighted by Gasteiger charge is 2.07. The smallest absolute Gasteiger partial charge is 0.251 e. The van der Waals surface area contributed by atoms with Crippen molar-refractivity contribution in [3.05, 3.63) is 65.6 Å². The van der Waals surface area contributed by atoms with Crippen LogP contribution in [0.3, 0.4) is 0 Å². The largest absolute Gasteiger partial charge is 0.352 e. The van der Waals surface area contributed by atoms with Crippen molar-refractivity contribution in [2.75, 3.05) is 6.54 Å². The van der Waals surface area contributed by atoms with Crippen molar-refractivity contribution < 1.29 is 4.79 Å². The molecule has 0 aliphatic rings.